The van der Waals surface area contributed by atoms with Crippen molar-refractivity contribution < 1.29 is 14.4 Å². The third kappa shape index (κ3) is 3.68. The van der Waals surface area contributed by atoms with E-state index < -0.39 is 5.97 Å². The zero-order valence-corrected chi connectivity index (χ0v) is 12.1. The minimum atomic E-state index is -0.535. The van der Waals surface area contributed by atoms with Crippen molar-refractivity contribution in [3.05, 3.63) is 57.8 Å². The monoisotopic (exact) mass is 289 g/mol. The highest BCUT2D eigenvalue weighted by molar-refractivity contribution is 7.10. The maximum Gasteiger partial charge on any atom is 0.363 e. The Balaban J connectivity index is 1.93. The molecular weight excluding hydrogens is 274 g/mol. The van der Waals surface area contributed by atoms with Crippen LogP contribution in [0.3, 0.4) is 0 Å². The van der Waals surface area contributed by atoms with Crippen LogP contribution in [0.5, 0.6) is 0 Å². The summed E-state index contributed by atoms with van der Waals surface area (Å²) in [5, 5.41) is 2.89. The molecule has 104 valence electrons. The molecule has 0 saturated carbocycles. The van der Waals surface area contributed by atoms with Crippen LogP contribution >= 0.6 is 11.3 Å². The Labute approximate surface area is 121 Å². The quantitative estimate of drug-likeness (QED) is 0.816. The summed E-state index contributed by atoms with van der Waals surface area (Å²) in [5.74, 6) is -0.792. The van der Waals surface area contributed by atoms with Crippen molar-refractivity contribution in [1.29, 1.82) is 0 Å². The molecular formula is C15H15NO3S. The van der Waals surface area contributed by atoms with Crippen LogP contribution < -0.4 is 0 Å². The van der Waals surface area contributed by atoms with Crippen LogP contribution in [-0.2, 0) is 16.1 Å². The summed E-state index contributed by atoms with van der Waals surface area (Å²) in [4.78, 5) is 29.7. The molecule has 20 heavy (non-hydrogen) atoms. The van der Waals surface area contributed by atoms with E-state index in [-0.39, 0.29) is 12.3 Å². The summed E-state index contributed by atoms with van der Waals surface area (Å²) < 4.78 is 0. The molecule has 1 aromatic heterocycles. The average molecular weight is 289 g/mol. The maximum atomic E-state index is 11.9. The van der Waals surface area contributed by atoms with Gasteiger partial charge in [0, 0.05) is 11.9 Å². The first kappa shape index (κ1) is 14.3. The number of carbonyl (C=O) groups excluding carboxylic acids is 2. The molecule has 0 fully saturated rings. The van der Waals surface area contributed by atoms with Crippen molar-refractivity contribution in [2.75, 3.05) is 7.05 Å². The Morgan fingerprint density at radius 2 is 1.90 bits per heavy atom. The van der Waals surface area contributed by atoms with Crippen LogP contribution in [0.1, 0.15) is 20.8 Å². The number of benzene rings is 1. The standard InChI is InChI=1S/C15H15NO3S/c1-11-5-7-12(8-6-11)15(18)19-16(2)14(17)10-13-4-3-9-20-13/h3-9H,10H2,1-2H3. The lowest BCUT2D eigenvalue weighted by atomic mass is 10.2. The molecule has 1 heterocycles. The highest BCUT2D eigenvalue weighted by atomic mass is 32.1. The Morgan fingerprint density at radius 1 is 1.20 bits per heavy atom. The van der Waals surface area contributed by atoms with E-state index in [1.54, 1.807) is 12.1 Å². The van der Waals surface area contributed by atoms with Crippen molar-refractivity contribution in [2.45, 2.75) is 13.3 Å². The van der Waals surface area contributed by atoms with Crippen LogP contribution in [-0.4, -0.2) is 24.0 Å². The molecule has 0 unspecified atom stereocenters. The topological polar surface area (TPSA) is 46.6 Å². The molecule has 5 heteroatoms. The highest BCUT2D eigenvalue weighted by Gasteiger charge is 2.16. The summed E-state index contributed by atoms with van der Waals surface area (Å²) in [7, 11) is 1.45. The lowest BCUT2D eigenvalue weighted by Gasteiger charge is -2.15. The summed E-state index contributed by atoms with van der Waals surface area (Å²) in [6.07, 6.45) is 0.231. The molecule has 2 aromatic rings. The first-order valence-electron chi connectivity index (χ1n) is 6.14. The van der Waals surface area contributed by atoms with Crippen molar-refractivity contribution >= 4 is 23.2 Å². The minimum Gasteiger partial charge on any atom is -0.333 e. The van der Waals surface area contributed by atoms with Gasteiger partial charge in [-0.05, 0) is 30.5 Å². The van der Waals surface area contributed by atoms with Gasteiger partial charge in [-0.1, -0.05) is 23.8 Å². The Morgan fingerprint density at radius 3 is 2.50 bits per heavy atom. The Hall–Kier alpha value is -2.14. The summed E-state index contributed by atoms with van der Waals surface area (Å²) in [6, 6.07) is 10.8. The molecule has 0 aliphatic heterocycles. The van der Waals surface area contributed by atoms with Gasteiger partial charge in [-0.2, -0.15) is 5.06 Å². The van der Waals surface area contributed by atoms with Gasteiger partial charge in [0.05, 0.1) is 12.0 Å². The fourth-order valence-electron chi connectivity index (χ4n) is 1.59. The van der Waals surface area contributed by atoms with Gasteiger partial charge in [-0.3, -0.25) is 4.79 Å². The fraction of sp³-hybridized carbons (Fsp3) is 0.200. The first-order chi connectivity index (χ1) is 9.56. The lowest BCUT2D eigenvalue weighted by Crippen LogP contribution is -2.30. The predicted octanol–water partition coefficient (Wildman–Crippen LogP) is 2.83. The van der Waals surface area contributed by atoms with E-state index in [0.717, 1.165) is 15.5 Å². The van der Waals surface area contributed by atoms with E-state index >= 15 is 0 Å². The second-order valence-corrected chi connectivity index (χ2v) is 5.42. The van der Waals surface area contributed by atoms with Crippen LogP contribution in [0, 0.1) is 6.92 Å². The first-order valence-corrected chi connectivity index (χ1v) is 7.02. The number of amides is 1. The zero-order chi connectivity index (χ0) is 14.5. The highest BCUT2D eigenvalue weighted by Crippen LogP contribution is 2.11. The van der Waals surface area contributed by atoms with Gasteiger partial charge in [0.15, 0.2) is 0 Å². The lowest BCUT2D eigenvalue weighted by molar-refractivity contribution is -0.160. The number of nitrogens with zero attached hydrogens (tertiary/aromatic N) is 1. The number of carbonyl (C=O) groups is 2. The summed E-state index contributed by atoms with van der Waals surface area (Å²) >= 11 is 1.50. The number of likely N-dealkylation sites (N-methyl/N-ethyl adjacent to an activating group) is 1. The van der Waals surface area contributed by atoms with Gasteiger partial charge >= 0.3 is 5.97 Å². The molecule has 0 radical (unpaired) electrons. The number of hydrogen-bond acceptors (Lipinski definition) is 4. The zero-order valence-electron chi connectivity index (χ0n) is 11.3. The van der Waals surface area contributed by atoms with E-state index in [9.17, 15) is 9.59 Å². The van der Waals surface area contributed by atoms with Gasteiger partial charge in [0.1, 0.15) is 0 Å². The second-order valence-electron chi connectivity index (χ2n) is 4.39. The predicted molar refractivity (Wildman–Crippen MR) is 77.4 cm³/mol. The van der Waals surface area contributed by atoms with E-state index in [2.05, 4.69) is 0 Å². The molecule has 0 aliphatic carbocycles. The van der Waals surface area contributed by atoms with Crippen LogP contribution in [0.4, 0.5) is 0 Å². The van der Waals surface area contributed by atoms with Gasteiger partial charge in [-0.25, -0.2) is 4.79 Å². The molecule has 0 saturated heterocycles. The second kappa shape index (κ2) is 6.34. The number of rotatable bonds is 3. The molecule has 1 aromatic carbocycles. The van der Waals surface area contributed by atoms with Crippen molar-refractivity contribution in [1.82, 2.24) is 5.06 Å². The van der Waals surface area contributed by atoms with Gasteiger partial charge in [-0.15, -0.1) is 11.3 Å². The third-order valence-electron chi connectivity index (χ3n) is 2.76. The summed E-state index contributed by atoms with van der Waals surface area (Å²) in [5.41, 5.74) is 1.48. The Kier molecular flexibility index (Phi) is 4.53. The van der Waals surface area contributed by atoms with Crippen molar-refractivity contribution in [3.63, 3.8) is 0 Å². The summed E-state index contributed by atoms with van der Waals surface area (Å²) in [6.45, 7) is 1.94. The molecule has 4 nitrogen and oxygen atoms in total. The van der Waals surface area contributed by atoms with Crippen molar-refractivity contribution in [2.24, 2.45) is 0 Å². The number of aryl methyl sites for hydroxylation is 1. The fourth-order valence-corrected chi connectivity index (χ4v) is 2.29. The van der Waals surface area contributed by atoms with Crippen LogP contribution in [0.25, 0.3) is 0 Å². The molecule has 0 atom stereocenters. The molecule has 1 amide bonds. The third-order valence-corrected chi connectivity index (χ3v) is 3.64. The molecule has 0 spiro atoms. The van der Waals surface area contributed by atoms with Crippen molar-refractivity contribution in [3.8, 4) is 0 Å². The Bertz CT molecular complexity index is 590. The molecule has 2 rings (SSSR count). The number of hydrogen-bond donors (Lipinski definition) is 0. The smallest absolute Gasteiger partial charge is 0.333 e. The van der Waals surface area contributed by atoms with Gasteiger partial charge < -0.3 is 4.84 Å². The van der Waals surface area contributed by atoms with E-state index in [4.69, 9.17) is 4.84 Å². The van der Waals surface area contributed by atoms with Gasteiger partial charge in [0.25, 0.3) is 5.91 Å². The number of hydroxylamine groups is 2. The maximum absolute atomic E-state index is 11.9. The van der Waals surface area contributed by atoms with Crippen LogP contribution in [0.2, 0.25) is 0 Å². The minimum absolute atomic E-state index is 0.231. The SMILES string of the molecule is Cc1ccc(C(=O)ON(C)C(=O)Cc2cccs2)cc1. The van der Waals surface area contributed by atoms with Crippen LogP contribution in [0.15, 0.2) is 41.8 Å². The number of thiophene rings is 1. The normalized spacial score (nSPS) is 10.1. The largest absolute Gasteiger partial charge is 0.363 e. The molecule has 0 N–H and O–H groups in total. The van der Waals surface area contributed by atoms with E-state index in [1.165, 1.54) is 18.4 Å². The molecule has 0 bridgehead atoms. The van der Waals surface area contributed by atoms with E-state index in [1.807, 2.05) is 36.6 Å². The molecule has 0 aliphatic rings. The van der Waals surface area contributed by atoms with E-state index in [0.29, 0.717) is 5.56 Å². The average Bonchev–Trinajstić information content (AvgIpc) is 2.92. The van der Waals surface area contributed by atoms with Gasteiger partial charge in [0.2, 0.25) is 0 Å².